The summed E-state index contributed by atoms with van der Waals surface area (Å²) in [7, 11) is 5.00. The maximum absolute atomic E-state index is 5.51. The summed E-state index contributed by atoms with van der Waals surface area (Å²) in [4.78, 5) is 0. The molecule has 0 aliphatic heterocycles. The Hall–Kier alpha value is -1.53. The van der Waals surface area contributed by atoms with Crippen LogP contribution in [0.1, 0.15) is 32.1 Å². The van der Waals surface area contributed by atoms with E-state index in [1.54, 1.807) is 21.3 Å². The summed E-state index contributed by atoms with van der Waals surface area (Å²) in [6, 6.07) is 5.62. The molecule has 1 aromatic carbocycles. The van der Waals surface area contributed by atoms with Gasteiger partial charge in [-0.2, -0.15) is 0 Å². The Morgan fingerprint density at radius 2 is 1.91 bits per heavy atom. The first-order valence-electron chi connectivity index (χ1n) is 7.92. The van der Waals surface area contributed by atoms with Crippen molar-refractivity contribution in [1.29, 1.82) is 0 Å². The molecule has 2 N–H and O–H groups in total. The summed E-state index contributed by atoms with van der Waals surface area (Å²) < 4.78 is 15.9. The van der Waals surface area contributed by atoms with Crippen molar-refractivity contribution in [3.63, 3.8) is 0 Å². The Kier molecular flexibility index (Phi) is 6.47. The lowest BCUT2D eigenvalue weighted by molar-refractivity contribution is 0.163. The van der Waals surface area contributed by atoms with Crippen molar-refractivity contribution in [2.75, 3.05) is 33.3 Å². The Balaban J connectivity index is 2.03. The molecule has 5 nitrogen and oxygen atoms in total. The van der Waals surface area contributed by atoms with Crippen molar-refractivity contribution in [2.24, 2.45) is 0 Å². The fourth-order valence-corrected chi connectivity index (χ4v) is 3.41. The number of ether oxygens (including phenoxy) is 3. The standard InChI is InChI=1S/C17H26N2O3S/c1-20-11-10-17(8-4-5-9-17)19-16(23)18-14-7-6-13(21-2)12-15(14)22-3/h6-7,12H,4-5,8-11H2,1-3H3,(H2,18,19,23). The Morgan fingerprint density at radius 1 is 1.17 bits per heavy atom. The van der Waals surface area contributed by atoms with Crippen LogP contribution in [-0.2, 0) is 4.74 Å². The molecule has 0 aromatic heterocycles. The minimum Gasteiger partial charge on any atom is -0.497 e. The number of thiocarbonyl (C=S) groups is 1. The Labute approximate surface area is 143 Å². The number of benzene rings is 1. The summed E-state index contributed by atoms with van der Waals surface area (Å²) in [6.45, 7) is 0.738. The molecule has 0 atom stereocenters. The number of anilines is 1. The molecule has 0 saturated heterocycles. The maximum atomic E-state index is 5.51. The number of nitrogens with one attached hydrogen (secondary N) is 2. The lowest BCUT2D eigenvalue weighted by atomic mass is 9.94. The molecule has 1 fully saturated rings. The predicted molar refractivity (Wildman–Crippen MR) is 96.6 cm³/mol. The van der Waals surface area contributed by atoms with Crippen LogP contribution < -0.4 is 20.1 Å². The molecular weight excluding hydrogens is 312 g/mol. The molecule has 0 heterocycles. The highest BCUT2D eigenvalue weighted by molar-refractivity contribution is 7.80. The van der Waals surface area contributed by atoms with Crippen molar-refractivity contribution < 1.29 is 14.2 Å². The summed E-state index contributed by atoms with van der Waals surface area (Å²) in [5, 5.41) is 7.37. The first-order valence-corrected chi connectivity index (χ1v) is 8.33. The first kappa shape index (κ1) is 17.8. The third-order valence-corrected chi connectivity index (χ3v) is 4.59. The molecule has 0 amide bonds. The normalized spacial score (nSPS) is 16.0. The fraction of sp³-hybridized carbons (Fsp3) is 0.588. The molecular formula is C17H26N2O3S. The van der Waals surface area contributed by atoms with Crippen LogP contribution >= 0.6 is 12.2 Å². The molecule has 0 spiro atoms. The molecule has 6 heteroatoms. The minimum atomic E-state index is 0.0415. The summed E-state index contributed by atoms with van der Waals surface area (Å²) in [6.07, 6.45) is 5.66. The van der Waals surface area contributed by atoms with E-state index in [4.69, 9.17) is 26.4 Å². The number of hydrogen-bond acceptors (Lipinski definition) is 4. The van der Waals surface area contributed by atoms with E-state index in [1.165, 1.54) is 12.8 Å². The smallest absolute Gasteiger partial charge is 0.171 e. The molecule has 0 unspecified atom stereocenters. The molecule has 0 radical (unpaired) electrons. The minimum absolute atomic E-state index is 0.0415. The van der Waals surface area contributed by atoms with Gasteiger partial charge in [0.1, 0.15) is 11.5 Å². The zero-order valence-corrected chi connectivity index (χ0v) is 14.9. The Bertz CT molecular complexity index is 531. The second-order valence-electron chi connectivity index (χ2n) is 5.88. The lowest BCUT2D eigenvalue weighted by Gasteiger charge is -2.32. The van der Waals surface area contributed by atoms with E-state index in [2.05, 4.69) is 10.6 Å². The first-order chi connectivity index (χ1) is 11.1. The highest BCUT2D eigenvalue weighted by Gasteiger charge is 2.34. The van der Waals surface area contributed by atoms with Gasteiger partial charge in [0.15, 0.2) is 5.11 Å². The van der Waals surface area contributed by atoms with Crippen LogP contribution in [-0.4, -0.2) is 38.6 Å². The fourth-order valence-electron chi connectivity index (χ4n) is 3.08. The van der Waals surface area contributed by atoms with Crippen LogP contribution in [0, 0.1) is 0 Å². The largest absolute Gasteiger partial charge is 0.497 e. The zero-order valence-electron chi connectivity index (χ0n) is 14.1. The van der Waals surface area contributed by atoms with Crippen molar-refractivity contribution in [2.45, 2.75) is 37.6 Å². The third-order valence-electron chi connectivity index (χ3n) is 4.38. The van der Waals surface area contributed by atoms with Crippen molar-refractivity contribution in [3.8, 4) is 11.5 Å². The van der Waals surface area contributed by atoms with Gasteiger partial charge in [0.2, 0.25) is 0 Å². The SMILES string of the molecule is COCCC1(NC(=S)Nc2ccc(OC)cc2OC)CCCC1. The highest BCUT2D eigenvalue weighted by atomic mass is 32.1. The van der Waals surface area contributed by atoms with Crippen molar-refractivity contribution in [3.05, 3.63) is 18.2 Å². The van der Waals surface area contributed by atoms with Gasteiger partial charge in [-0.25, -0.2) is 0 Å². The lowest BCUT2D eigenvalue weighted by Crippen LogP contribution is -2.48. The van der Waals surface area contributed by atoms with Crippen LogP contribution in [0.5, 0.6) is 11.5 Å². The van der Waals surface area contributed by atoms with Crippen molar-refractivity contribution in [1.82, 2.24) is 5.32 Å². The molecule has 128 valence electrons. The quantitative estimate of drug-likeness (QED) is 0.744. The second-order valence-corrected chi connectivity index (χ2v) is 6.28. The maximum Gasteiger partial charge on any atom is 0.171 e. The van der Waals surface area contributed by atoms with E-state index >= 15 is 0 Å². The van der Waals surface area contributed by atoms with Crippen LogP contribution in [0.4, 0.5) is 5.69 Å². The van der Waals surface area contributed by atoms with E-state index in [0.717, 1.165) is 37.3 Å². The van der Waals surface area contributed by atoms with E-state index in [1.807, 2.05) is 18.2 Å². The molecule has 1 aromatic rings. The third kappa shape index (κ3) is 4.72. The summed E-state index contributed by atoms with van der Waals surface area (Å²) >= 11 is 5.51. The number of methoxy groups -OCH3 is 3. The zero-order chi connectivity index (χ0) is 16.7. The highest BCUT2D eigenvalue weighted by Crippen LogP contribution is 2.33. The van der Waals surface area contributed by atoms with Gasteiger partial charge in [-0.05, 0) is 43.6 Å². The van der Waals surface area contributed by atoms with Crippen LogP contribution in [0.25, 0.3) is 0 Å². The van der Waals surface area contributed by atoms with Gasteiger partial charge in [-0.3, -0.25) is 0 Å². The van der Waals surface area contributed by atoms with Gasteiger partial charge in [0.05, 0.1) is 19.9 Å². The Morgan fingerprint density at radius 3 is 2.52 bits per heavy atom. The van der Waals surface area contributed by atoms with Crippen LogP contribution in [0.3, 0.4) is 0 Å². The molecule has 1 aliphatic rings. The van der Waals surface area contributed by atoms with Gasteiger partial charge < -0.3 is 24.8 Å². The summed E-state index contributed by atoms with van der Waals surface area (Å²) in [5.41, 5.74) is 0.866. The molecule has 0 bridgehead atoms. The molecule has 1 aliphatic carbocycles. The van der Waals surface area contributed by atoms with Crippen molar-refractivity contribution >= 4 is 23.0 Å². The van der Waals surface area contributed by atoms with E-state index < -0.39 is 0 Å². The van der Waals surface area contributed by atoms with Gasteiger partial charge in [-0.1, -0.05) is 12.8 Å². The van der Waals surface area contributed by atoms with E-state index in [0.29, 0.717) is 10.9 Å². The number of rotatable bonds is 7. The van der Waals surface area contributed by atoms with Gasteiger partial charge in [-0.15, -0.1) is 0 Å². The predicted octanol–water partition coefficient (Wildman–Crippen LogP) is 3.34. The van der Waals surface area contributed by atoms with Gasteiger partial charge >= 0.3 is 0 Å². The van der Waals surface area contributed by atoms with Gasteiger partial charge in [0, 0.05) is 25.3 Å². The average molecular weight is 338 g/mol. The van der Waals surface area contributed by atoms with E-state index in [9.17, 15) is 0 Å². The second kappa shape index (κ2) is 8.36. The van der Waals surface area contributed by atoms with Gasteiger partial charge in [0.25, 0.3) is 0 Å². The molecule has 2 rings (SSSR count). The van der Waals surface area contributed by atoms with Crippen LogP contribution in [0.15, 0.2) is 18.2 Å². The molecule has 1 saturated carbocycles. The number of hydrogen-bond donors (Lipinski definition) is 2. The average Bonchev–Trinajstić information content (AvgIpc) is 3.01. The topological polar surface area (TPSA) is 51.8 Å². The monoisotopic (exact) mass is 338 g/mol. The summed E-state index contributed by atoms with van der Waals surface area (Å²) in [5.74, 6) is 1.45. The van der Waals surface area contributed by atoms with Crippen LogP contribution in [0.2, 0.25) is 0 Å². The van der Waals surface area contributed by atoms with E-state index in [-0.39, 0.29) is 5.54 Å². The molecule has 23 heavy (non-hydrogen) atoms.